The van der Waals surface area contributed by atoms with Crippen molar-refractivity contribution in [1.29, 1.82) is 0 Å². The van der Waals surface area contributed by atoms with Gasteiger partial charge in [0.15, 0.2) is 0 Å². The predicted molar refractivity (Wildman–Crippen MR) is 44.9 cm³/mol. The van der Waals surface area contributed by atoms with Crippen LogP contribution in [0.4, 0.5) is 0 Å². The summed E-state index contributed by atoms with van der Waals surface area (Å²) in [6.45, 7) is 6.09. The van der Waals surface area contributed by atoms with Crippen molar-refractivity contribution in [3.05, 3.63) is 0 Å². The van der Waals surface area contributed by atoms with Crippen molar-refractivity contribution < 1.29 is 4.74 Å². The summed E-state index contributed by atoms with van der Waals surface area (Å²) in [6, 6.07) is 0. The second kappa shape index (κ2) is 15.7. The number of rotatable bonds is 4. The third-order valence-corrected chi connectivity index (χ3v) is 0.697. The summed E-state index contributed by atoms with van der Waals surface area (Å²) in [5, 5.41) is 0. The summed E-state index contributed by atoms with van der Waals surface area (Å²) >= 11 is 0. The molecule has 1 heteroatoms. The van der Waals surface area contributed by atoms with E-state index >= 15 is 0 Å². The molecule has 9 heavy (non-hydrogen) atoms. The Morgan fingerprint density at radius 2 is 1.22 bits per heavy atom. The zero-order valence-corrected chi connectivity index (χ0v) is 5.24. The molecule has 0 rings (SSSR count). The predicted octanol–water partition coefficient (Wildman–Crippen LogP) is 3.10. The van der Waals surface area contributed by atoms with Crippen LogP contribution in [0.2, 0.25) is 0 Å². The molecule has 0 bridgehead atoms. The molecule has 0 saturated carbocycles. The fourth-order valence-corrected chi connectivity index (χ4v) is 0.391. The first-order valence-corrected chi connectivity index (χ1v) is 2.99. The topological polar surface area (TPSA) is 9.23 Å². The van der Waals surface area contributed by atoms with Gasteiger partial charge in [-0.25, -0.2) is 0 Å². The highest BCUT2D eigenvalue weighted by atomic mass is 16.5. The molecular weight excluding hydrogens is 112 g/mol. The Kier molecular flexibility index (Phi) is 27.8. The standard InChI is InChI=1S/C6H14O.2CH4/c1-3-5-7-6-4-2;;/h3-6H2,1-2H3;2*1H4. The fourth-order valence-electron chi connectivity index (χ4n) is 0.391. The van der Waals surface area contributed by atoms with Gasteiger partial charge in [0.05, 0.1) is 0 Å². The summed E-state index contributed by atoms with van der Waals surface area (Å²) in [7, 11) is 0. The van der Waals surface area contributed by atoms with E-state index in [1.807, 2.05) is 0 Å². The van der Waals surface area contributed by atoms with Crippen LogP contribution in [0.15, 0.2) is 0 Å². The molecule has 0 heterocycles. The largest absolute Gasteiger partial charge is 0.381 e. The SMILES string of the molecule is C.C.CCCOCCC. The third kappa shape index (κ3) is 18.0. The van der Waals surface area contributed by atoms with Gasteiger partial charge in [-0.1, -0.05) is 28.7 Å². The van der Waals surface area contributed by atoms with Crippen molar-refractivity contribution >= 4 is 0 Å². The van der Waals surface area contributed by atoms with Gasteiger partial charge < -0.3 is 4.74 Å². The molecule has 0 aromatic heterocycles. The fraction of sp³-hybridized carbons (Fsp3) is 1.00. The minimum atomic E-state index is 0. The van der Waals surface area contributed by atoms with Crippen LogP contribution >= 0.6 is 0 Å². The van der Waals surface area contributed by atoms with Crippen molar-refractivity contribution in [2.45, 2.75) is 41.5 Å². The van der Waals surface area contributed by atoms with E-state index in [-0.39, 0.29) is 14.9 Å². The average Bonchev–Trinajstić information content (AvgIpc) is 1.69. The van der Waals surface area contributed by atoms with Gasteiger partial charge in [0, 0.05) is 13.2 Å². The van der Waals surface area contributed by atoms with Crippen LogP contribution in [0.1, 0.15) is 41.5 Å². The molecule has 0 aliphatic heterocycles. The summed E-state index contributed by atoms with van der Waals surface area (Å²) in [6.07, 6.45) is 2.28. The van der Waals surface area contributed by atoms with Crippen LogP contribution < -0.4 is 0 Å². The van der Waals surface area contributed by atoms with E-state index in [2.05, 4.69) is 13.8 Å². The lowest BCUT2D eigenvalue weighted by atomic mass is 10.5. The van der Waals surface area contributed by atoms with Crippen LogP contribution in [-0.4, -0.2) is 13.2 Å². The van der Waals surface area contributed by atoms with E-state index in [4.69, 9.17) is 4.74 Å². The van der Waals surface area contributed by atoms with E-state index in [1.54, 1.807) is 0 Å². The molecule has 0 amide bonds. The van der Waals surface area contributed by atoms with Gasteiger partial charge in [-0.3, -0.25) is 0 Å². The molecule has 0 aliphatic rings. The van der Waals surface area contributed by atoms with Gasteiger partial charge in [0.25, 0.3) is 0 Å². The first-order chi connectivity index (χ1) is 3.41. The highest BCUT2D eigenvalue weighted by molar-refractivity contribution is 4.25. The highest BCUT2D eigenvalue weighted by Crippen LogP contribution is 1.81. The van der Waals surface area contributed by atoms with Crippen LogP contribution in [0.5, 0.6) is 0 Å². The first-order valence-electron chi connectivity index (χ1n) is 2.99. The monoisotopic (exact) mass is 134 g/mol. The van der Waals surface area contributed by atoms with E-state index < -0.39 is 0 Å². The Balaban J connectivity index is -0.000000180. The lowest BCUT2D eigenvalue weighted by Crippen LogP contribution is -1.92. The summed E-state index contributed by atoms with van der Waals surface area (Å²) in [5.74, 6) is 0. The first kappa shape index (κ1) is 16.0. The molecule has 0 atom stereocenters. The minimum Gasteiger partial charge on any atom is -0.381 e. The van der Waals surface area contributed by atoms with Crippen LogP contribution in [0, 0.1) is 0 Å². The molecule has 0 fully saturated rings. The Morgan fingerprint density at radius 1 is 0.889 bits per heavy atom. The van der Waals surface area contributed by atoms with Gasteiger partial charge in [0.1, 0.15) is 0 Å². The maximum Gasteiger partial charge on any atom is 0.0463 e. The molecule has 0 aliphatic carbocycles. The Labute approximate surface area is 60.4 Å². The Hall–Kier alpha value is -0.0400. The molecule has 0 saturated heterocycles. The quantitative estimate of drug-likeness (QED) is 0.537. The van der Waals surface area contributed by atoms with E-state index in [0.29, 0.717) is 0 Å². The van der Waals surface area contributed by atoms with E-state index in [9.17, 15) is 0 Å². The smallest absolute Gasteiger partial charge is 0.0463 e. The van der Waals surface area contributed by atoms with Crippen LogP contribution in [0.3, 0.4) is 0 Å². The second-order valence-corrected chi connectivity index (χ2v) is 1.61. The van der Waals surface area contributed by atoms with Crippen molar-refractivity contribution in [3.8, 4) is 0 Å². The molecule has 1 nitrogen and oxygen atoms in total. The molecule has 0 N–H and O–H groups in total. The highest BCUT2D eigenvalue weighted by Gasteiger charge is 1.77. The Bertz CT molecular complexity index is 23.7. The van der Waals surface area contributed by atoms with Crippen molar-refractivity contribution in [3.63, 3.8) is 0 Å². The molecule has 0 aromatic rings. The Morgan fingerprint density at radius 3 is 1.44 bits per heavy atom. The molecule has 0 unspecified atom stereocenters. The van der Waals surface area contributed by atoms with E-state index in [0.717, 1.165) is 26.1 Å². The summed E-state index contributed by atoms with van der Waals surface area (Å²) < 4.78 is 5.13. The zero-order chi connectivity index (χ0) is 5.54. The summed E-state index contributed by atoms with van der Waals surface area (Å²) in [5.41, 5.74) is 0. The molecule has 60 valence electrons. The average molecular weight is 134 g/mol. The maximum absolute atomic E-state index is 5.13. The van der Waals surface area contributed by atoms with E-state index in [1.165, 1.54) is 0 Å². The van der Waals surface area contributed by atoms with Crippen LogP contribution in [-0.2, 0) is 4.74 Å². The van der Waals surface area contributed by atoms with Crippen molar-refractivity contribution in [1.82, 2.24) is 0 Å². The molecular formula is C8H22O. The normalized spacial score (nSPS) is 7.33. The van der Waals surface area contributed by atoms with Crippen molar-refractivity contribution in [2.75, 3.05) is 13.2 Å². The summed E-state index contributed by atoms with van der Waals surface area (Å²) in [4.78, 5) is 0. The van der Waals surface area contributed by atoms with Gasteiger partial charge in [-0.2, -0.15) is 0 Å². The number of hydrogen-bond donors (Lipinski definition) is 0. The molecule has 0 spiro atoms. The zero-order valence-electron chi connectivity index (χ0n) is 5.24. The van der Waals surface area contributed by atoms with Gasteiger partial charge in [-0.15, -0.1) is 0 Å². The number of ether oxygens (including phenoxy) is 1. The van der Waals surface area contributed by atoms with Gasteiger partial charge >= 0.3 is 0 Å². The molecule has 0 aromatic carbocycles. The van der Waals surface area contributed by atoms with Gasteiger partial charge in [0.2, 0.25) is 0 Å². The number of hydrogen-bond acceptors (Lipinski definition) is 1. The van der Waals surface area contributed by atoms with Crippen LogP contribution in [0.25, 0.3) is 0 Å². The maximum atomic E-state index is 5.13. The van der Waals surface area contributed by atoms with Crippen molar-refractivity contribution in [2.24, 2.45) is 0 Å². The van der Waals surface area contributed by atoms with Gasteiger partial charge in [-0.05, 0) is 12.8 Å². The molecule has 0 radical (unpaired) electrons. The lowest BCUT2D eigenvalue weighted by molar-refractivity contribution is 0.135. The minimum absolute atomic E-state index is 0. The second-order valence-electron chi connectivity index (χ2n) is 1.61. The third-order valence-electron chi connectivity index (χ3n) is 0.697. The lowest BCUT2D eigenvalue weighted by Gasteiger charge is -1.95.